The van der Waals surface area contributed by atoms with Gasteiger partial charge in [0.25, 0.3) is 0 Å². The van der Waals surface area contributed by atoms with Crippen molar-refractivity contribution in [3.05, 3.63) is 70.5 Å². The van der Waals surface area contributed by atoms with Crippen LogP contribution in [0, 0.1) is 19.7 Å². The Morgan fingerprint density at radius 3 is 2.32 bits per heavy atom. The molecule has 1 nitrogen and oxygen atoms in total. The number of nitrogens with one attached hydrogen (secondary N) is 1. The highest BCUT2D eigenvalue weighted by Gasteiger charge is 2.06. The first-order valence-corrected chi connectivity index (χ1v) is 6.61. The Kier molecular flexibility index (Phi) is 4.33. The van der Waals surface area contributed by atoms with E-state index in [9.17, 15) is 4.39 Å². The lowest BCUT2D eigenvalue weighted by Gasteiger charge is -2.15. The Bertz CT molecular complexity index is 546. The smallest absolute Gasteiger partial charge is 0.123 e. The fourth-order valence-corrected chi connectivity index (χ4v) is 2.03. The molecule has 0 aliphatic rings. The number of aryl methyl sites for hydroxylation is 2. The fraction of sp³-hybridized carbons (Fsp3) is 0.294. The molecular formula is C17H20FN. The molecule has 1 N–H and O–H groups in total. The van der Waals surface area contributed by atoms with Gasteiger partial charge < -0.3 is 5.32 Å². The van der Waals surface area contributed by atoms with E-state index < -0.39 is 0 Å². The van der Waals surface area contributed by atoms with Crippen molar-refractivity contribution < 1.29 is 4.39 Å². The van der Waals surface area contributed by atoms with Crippen molar-refractivity contribution in [2.24, 2.45) is 0 Å². The molecule has 1 atom stereocenters. The van der Waals surface area contributed by atoms with Gasteiger partial charge in [0, 0.05) is 12.6 Å². The highest BCUT2D eigenvalue weighted by Crippen LogP contribution is 2.17. The van der Waals surface area contributed by atoms with Crippen molar-refractivity contribution in [3.63, 3.8) is 0 Å². The van der Waals surface area contributed by atoms with Crippen molar-refractivity contribution in [1.29, 1.82) is 0 Å². The summed E-state index contributed by atoms with van der Waals surface area (Å²) in [5.41, 5.74) is 5.00. The van der Waals surface area contributed by atoms with E-state index in [1.807, 2.05) is 12.1 Å². The van der Waals surface area contributed by atoms with Gasteiger partial charge in [-0.05, 0) is 55.2 Å². The minimum absolute atomic E-state index is 0.189. The molecule has 0 aliphatic carbocycles. The molecular weight excluding hydrogens is 237 g/mol. The Labute approximate surface area is 114 Å². The van der Waals surface area contributed by atoms with Crippen LogP contribution in [0.3, 0.4) is 0 Å². The summed E-state index contributed by atoms with van der Waals surface area (Å²) in [6.45, 7) is 7.14. The molecule has 0 amide bonds. The SMILES string of the molecule is Cc1ccc(C(C)NCc2ccc(F)cc2)cc1C. The zero-order valence-electron chi connectivity index (χ0n) is 11.7. The molecule has 0 saturated carbocycles. The Hall–Kier alpha value is -1.67. The second kappa shape index (κ2) is 5.98. The van der Waals surface area contributed by atoms with Crippen LogP contribution >= 0.6 is 0 Å². The largest absolute Gasteiger partial charge is 0.306 e. The Morgan fingerprint density at radius 2 is 1.68 bits per heavy atom. The molecule has 2 aromatic carbocycles. The minimum Gasteiger partial charge on any atom is -0.306 e. The van der Waals surface area contributed by atoms with E-state index in [0.717, 1.165) is 12.1 Å². The average Bonchev–Trinajstić information content (AvgIpc) is 2.41. The summed E-state index contributed by atoms with van der Waals surface area (Å²) in [5, 5.41) is 3.46. The standard InChI is InChI=1S/C17H20FN/c1-12-4-7-16(10-13(12)2)14(3)19-11-15-5-8-17(18)9-6-15/h4-10,14,19H,11H2,1-3H3. The second-order valence-electron chi connectivity index (χ2n) is 5.07. The third-order valence-electron chi connectivity index (χ3n) is 3.56. The maximum atomic E-state index is 12.8. The van der Waals surface area contributed by atoms with Gasteiger partial charge in [-0.2, -0.15) is 0 Å². The van der Waals surface area contributed by atoms with Crippen LogP contribution in [-0.4, -0.2) is 0 Å². The van der Waals surface area contributed by atoms with Crippen molar-refractivity contribution in [2.45, 2.75) is 33.4 Å². The zero-order valence-corrected chi connectivity index (χ0v) is 11.7. The molecule has 2 rings (SSSR count). The quantitative estimate of drug-likeness (QED) is 0.861. The first-order chi connectivity index (χ1) is 9.06. The summed E-state index contributed by atoms with van der Waals surface area (Å²) < 4.78 is 12.8. The van der Waals surface area contributed by atoms with Crippen LogP contribution in [0.2, 0.25) is 0 Å². The van der Waals surface area contributed by atoms with Gasteiger partial charge in [-0.3, -0.25) is 0 Å². The second-order valence-corrected chi connectivity index (χ2v) is 5.07. The lowest BCUT2D eigenvalue weighted by atomic mass is 10.0. The molecule has 100 valence electrons. The van der Waals surface area contributed by atoms with E-state index in [1.54, 1.807) is 0 Å². The first kappa shape index (κ1) is 13.8. The van der Waals surface area contributed by atoms with Crippen LogP contribution in [0.4, 0.5) is 4.39 Å². The van der Waals surface area contributed by atoms with Crippen LogP contribution in [0.5, 0.6) is 0 Å². The van der Waals surface area contributed by atoms with Gasteiger partial charge in [0.05, 0.1) is 0 Å². The number of rotatable bonds is 4. The van der Waals surface area contributed by atoms with Gasteiger partial charge in [-0.1, -0.05) is 30.3 Å². The van der Waals surface area contributed by atoms with Gasteiger partial charge in [0.2, 0.25) is 0 Å². The van der Waals surface area contributed by atoms with Crippen LogP contribution in [0.1, 0.15) is 35.2 Å². The lowest BCUT2D eigenvalue weighted by Crippen LogP contribution is -2.18. The third kappa shape index (κ3) is 3.65. The maximum absolute atomic E-state index is 12.8. The van der Waals surface area contributed by atoms with E-state index in [1.165, 1.54) is 28.8 Å². The summed E-state index contributed by atoms with van der Waals surface area (Å²) in [5.74, 6) is -0.189. The van der Waals surface area contributed by atoms with E-state index in [2.05, 4.69) is 44.3 Å². The molecule has 1 unspecified atom stereocenters. The molecule has 0 fully saturated rings. The summed E-state index contributed by atoms with van der Waals surface area (Å²) in [6, 6.07) is 13.4. The Balaban J connectivity index is 1.98. The monoisotopic (exact) mass is 257 g/mol. The lowest BCUT2D eigenvalue weighted by molar-refractivity contribution is 0.572. The third-order valence-corrected chi connectivity index (χ3v) is 3.56. The summed E-state index contributed by atoms with van der Waals surface area (Å²) in [7, 11) is 0. The zero-order chi connectivity index (χ0) is 13.8. The number of halogens is 1. The fourth-order valence-electron chi connectivity index (χ4n) is 2.03. The van der Waals surface area contributed by atoms with Gasteiger partial charge in [-0.15, -0.1) is 0 Å². The average molecular weight is 257 g/mol. The van der Waals surface area contributed by atoms with Gasteiger partial charge in [0.15, 0.2) is 0 Å². The molecule has 0 aromatic heterocycles. The highest BCUT2D eigenvalue weighted by molar-refractivity contribution is 5.31. The topological polar surface area (TPSA) is 12.0 Å². The first-order valence-electron chi connectivity index (χ1n) is 6.61. The van der Waals surface area contributed by atoms with Crippen molar-refractivity contribution in [1.82, 2.24) is 5.32 Å². The van der Waals surface area contributed by atoms with Crippen LogP contribution < -0.4 is 5.32 Å². The summed E-state index contributed by atoms with van der Waals surface area (Å²) in [6.07, 6.45) is 0. The van der Waals surface area contributed by atoms with E-state index in [0.29, 0.717) is 0 Å². The predicted molar refractivity (Wildman–Crippen MR) is 77.6 cm³/mol. The van der Waals surface area contributed by atoms with Crippen LogP contribution in [-0.2, 0) is 6.54 Å². The number of benzene rings is 2. The minimum atomic E-state index is -0.189. The molecule has 0 radical (unpaired) electrons. The van der Waals surface area contributed by atoms with E-state index >= 15 is 0 Å². The molecule has 0 bridgehead atoms. The van der Waals surface area contributed by atoms with Gasteiger partial charge in [-0.25, -0.2) is 4.39 Å². The van der Waals surface area contributed by atoms with Crippen LogP contribution in [0.15, 0.2) is 42.5 Å². The summed E-state index contributed by atoms with van der Waals surface area (Å²) >= 11 is 0. The van der Waals surface area contributed by atoms with Crippen molar-refractivity contribution >= 4 is 0 Å². The summed E-state index contributed by atoms with van der Waals surface area (Å²) in [4.78, 5) is 0. The highest BCUT2D eigenvalue weighted by atomic mass is 19.1. The van der Waals surface area contributed by atoms with Crippen molar-refractivity contribution in [3.8, 4) is 0 Å². The van der Waals surface area contributed by atoms with Gasteiger partial charge in [0.1, 0.15) is 5.82 Å². The normalized spacial score (nSPS) is 12.4. The van der Waals surface area contributed by atoms with Crippen LogP contribution in [0.25, 0.3) is 0 Å². The van der Waals surface area contributed by atoms with Crippen molar-refractivity contribution in [2.75, 3.05) is 0 Å². The molecule has 0 aliphatic heterocycles. The molecule has 0 spiro atoms. The predicted octanol–water partition coefficient (Wildman–Crippen LogP) is 4.29. The molecule has 0 heterocycles. The maximum Gasteiger partial charge on any atom is 0.123 e. The van der Waals surface area contributed by atoms with Gasteiger partial charge >= 0.3 is 0 Å². The molecule has 2 heteroatoms. The molecule has 19 heavy (non-hydrogen) atoms. The molecule has 2 aromatic rings. The van der Waals surface area contributed by atoms with E-state index in [4.69, 9.17) is 0 Å². The van der Waals surface area contributed by atoms with E-state index in [-0.39, 0.29) is 11.9 Å². The number of hydrogen-bond donors (Lipinski definition) is 1. The molecule has 0 saturated heterocycles. The Morgan fingerprint density at radius 1 is 1.00 bits per heavy atom. The number of hydrogen-bond acceptors (Lipinski definition) is 1.